The average Bonchev–Trinajstić information content (AvgIpc) is 2.27. The number of hydrogen-bond acceptors (Lipinski definition) is 1. The number of rotatable bonds is 3. The van der Waals surface area contributed by atoms with Crippen molar-refractivity contribution >= 4 is 0 Å². The lowest BCUT2D eigenvalue weighted by molar-refractivity contribution is -0.0520. The summed E-state index contributed by atoms with van der Waals surface area (Å²) in [6.45, 7) is 4.31. The molecule has 0 aliphatic heterocycles. The molecule has 0 aromatic rings. The second kappa shape index (κ2) is 5.39. The van der Waals surface area contributed by atoms with Crippen molar-refractivity contribution in [3.05, 3.63) is 23.3 Å². The van der Waals surface area contributed by atoms with Crippen molar-refractivity contribution in [3.63, 3.8) is 0 Å². The van der Waals surface area contributed by atoms with Crippen molar-refractivity contribution in [1.82, 2.24) is 0 Å². The van der Waals surface area contributed by atoms with Crippen LogP contribution in [0.4, 0.5) is 0 Å². The molecule has 1 heteroatoms. The Morgan fingerprint density at radius 3 is 3.06 bits per heavy atom. The number of allylic oxidation sites excluding steroid dienone is 3. The summed E-state index contributed by atoms with van der Waals surface area (Å²) in [5, 5.41) is 10.7. The predicted molar refractivity (Wildman–Crippen MR) is 72.9 cm³/mol. The van der Waals surface area contributed by atoms with Gasteiger partial charge in [0.2, 0.25) is 0 Å². The Balaban J connectivity index is 1.93. The van der Waals surface area contributed by atoms with Gasteiger partial charge in [-0.2, -0.15) is 0 Å². The smallest absolute Gasteiger partial charge is 0.0715 e. The summed E-state index contributed by atoms with van der Waals surface area (Å²) < 4.78 is 0. The van der Waals surface area contributed by atoms with Gasteiger partial charge in [-0.05, 0) is 58.3 Å². The third-order valence-corrected chi connectivity index (χ3v) is 4.41. The van der Waals surface area contributed by atoms with E-state index >= 15 is 0 Å². The maximum Gasteiger partial charge on any atom is 0.0715 e. The minimum atomic E-state index is -0.354. The summed E-state index contributed by atoms with van der Waals surface area (Å²) in [6.07, 6.45) is 13.8. The van der Waals surface area contributed by atoms with Gasteiger partial charge in [-0.15, -0.1) is 0 Å². The second-order valence-corrected chi connectivity index (χ2v) is 6.14. The van der Waals surface area contributed by atoms with Crippen LogP contribution in [0.2, 0.25) is 0 Å². The van der Waals surface area contributed by atoms with Gasteiger partial charge in [0.25, 0.3) is 0 Å². The highest BCUT2D eigenvalue weighted by atomic mass is 16.3. The maximum atomic E-state index is 10.7. The fourth-order valence-corrected chi connectivity index (χ4v) is 3.38. The highest BCUT2D eigenvalue weighted by Crippen LogP contribution is 2.44. The average molecular weight is 234 g/mol. The van der Waals surface area contributed by atoms with Crippen LogP contribution < -0.4 is 0 Å². The van der Waals surface area contributed by atoms with Crippen LogP contribution in [0.1, 0.15) is 65.2 Å². The highest BCUT2D eigenvalue weighted by Gasteiger charge is 2.40. The molecule has 0 unspecified atom stereocenters. The number of hydrogen-bond donors (Lipinski definition) is 1. The van der Waals surface area contributed by atoms with Gasteiger partial charge in [-0.3, -0.25) is 0 Å². The molecule has 0 radical (unpaired) electrons. The molecule has 0 spiro atoms. The van der Waals surface area contributed by atoms with Crippen molar-refractivity contribution in [2.75, 3.05) is 0 Å². The lowest BCUT2D eigenvalue weighted by Crippen LogP contribution is -2.42. The molecule has 17 heavy (non-hydrogen) atoms. The zero-order chi connectivity index (χ0) is 12.3. The van der Waals surface area contributed by atoms with E-state index in [1.165, 1.54) is 30.4 Å². The normalized spacial score (nSPS) is 32.6. The fourth-order valence-electron chi connectivity index (χ4n) is 3.38. The van der Waals surface area contributed by atoms with Gasteiger partial charge in [-0.1, -0.05) is 36.1 Å². The third-order valence-electron chi connectivity index (χ3n) is 4.41. The highest BCUT2D eigenvalue weighted by molar-refractivity contribution is 5.15. The Bertz CT molecular complexity index is 322. The van der Waals surface area contributed by atoms with Gasteiger partial charge in [0, 0.05) is 0 Å². The molecule has 2 rings (SSSR count). The van der Waals surface area contributed by atoms with Crippen LogP contribution in [0.5, 0.6) is 0 Å². The molecule has 2 atom stereocenters. The predicted octanol–water partition coefficient (Wildman–Crippen LogP) is 4.37. The number of aliphatic hydroxyl groups is 1. The third kappa shape index (κ3) is 3.22. The molecule has 0 bridgehead atoms. The van der Waals surface area contributed by atoms with Gasteiger partial charge in [0.15, 0.2) is 0 Å². The SMILES string of the molecule is CC(C)=CCCC1=CC[C@@H]2CCCC[C@]2(O)C1. The molecule has 1 fully saturated rings. The van der Waals surface area contributed by atoms with Crippen LogP contribution in [0.25, 0.3) is 0 Å². The van der Waals surface area contributed by atoms with E-state index < -0.39 is 0 Å². The van der Waals surface area contributed by atoms with E-state index in [1.807, 2.05) is 0 Å². The minimum Gasteiger partial charge on any atom is -0.389 e. The Labute approximate surface area is 106 Å². The van der Waals surface area contributed by atoms with Crippen LogP contribution in [0.3, 0.4) is 0 Å². The van der Waals surface area contributed by atoms with Crippen LogP contribution in [-0.4, -0.2) is 10.7 Å². The molecule has 1 saturated carbocycles. The summed E-state index contributed by atoms with van der Waals surface area (Å²) >= 11 is 0. The van der Waals surface area contributed by atoms with E-state index in [1.54, 1.807) is 0 Å². The molecule has 1 nitrogen and oxygen atoms in total. The van der Waals surface area contributed by atoms with Crippen molar-refractivity contribution < 1.29 is 5.11 Å². The molecule has 2 aliphatic carbocycles. The second-order valence-electron chi connectivity index (χ2n) is 6.14. The first kappa shape index (κ1) is 12.9. The van der Waals surface area contributed by atoms with E-state index in [9.17, 15) is 5.11 Å². The molecule has 0 saturated heterocycles. The molecule has 2 aliphatic rings. The Morgan fingerprint density at radius 2 is 2.29 bits per heavy atom. The minimum absolute atomic E-state index is 0.354. The lowest BCUT2D eigenvalue weighted by atomic mass is 9.67. The van der Waals surface area contributed by atoms with Crippen molar-refractivity contribution in [1.29, 1.82) is 0 Å². The Morgan fingerprint density at radius 1 is 1.47 bits per heavy atom. The van der Waals surface area contributed by atoms with Gasteiger partial charge in [0.1, 0.15) is 0 Å². The van der Waals surface area contributed by atoms with Gasteiger partial charge in [-0.25, -0.2) is 0 Å². The van der Waals surface area contributed by atoms with E-state index in [2.05, 4.69) is 26.0 Å². The monoisotopic (exact) mass is 234 g/mol. The standard InChI is InChI=1S/C16H26O/c1-13(2)6-5-7-14-9-10-15-8-3-4-11-16(15,17)12-14/h6,9,15,17H,3-5,7-8,10-12H2,1-2H3/t15-,16-/m0/s1. The van der Waals surface area contributed by atoms with Crippen LogP contribution in [-0.2, 0) is 0 Å². The van der Waals surface area contributed by atoms with Gasteiger partial charge >= 0.3 is 0 Å². The van der Waals surface area contributed by atoms with Gasteiger partial charge in [0.05, 0.1) is 5.60 Å². The molecule has 1 N–H and O–H groups in total. The van der Waals surface area contributed by atoms with E-state index in [0.29, 0.717) is 5.92 Å². The fraction of sp³-hybridized carbons (Fsp3) is 0.750. The largest absolute Gasteiger partial charge is 0.389 e. The van der Waals surface area contributed by atoms with Crippen molar-refractivity contribution in [2.45, 2.75) is 70.8 Å². The van der Waals surface area contributed by atoms with Gasteiger partial charge < -0.3 is 5.11 Å². The molecule has 0 aromatic heterocycles. The first-order valence-corrected chi connectivity index (χ1v) is 7.14. The summed E-state index contributed by atoms with van der Waals surface area (Å²) in [6, 6.07) is 0. The van der Waals surface area contributed by atoms with E-state index in [4.69, 9.17) is 0 Å². The summed E-state index contributed by atoms with van der Waals surface area (Å²) in [5.41, 5.74) is 2.53. The maximum absolute atomic E-state index is 10.7. The molecule has 0 amide bonds. The number of fused-ring (bicyclic) bond motifs is 1. The Kier molecular flexibility index (Phi) is 4.09. The van der Waals surface area contributed by atoms with Crippen molar-refractivity contribution in [2.24, 2.45) is 5.92 Å². The topological polar surface area (TPSA) is 20.2 Å². The molecular weight excluding hydrogens is 208 g/mol. The van der Waals surface area contributed by atoms with Crippen LogP contribution in [0, 0.1) is 5.92 Å². The van der Waals surface area contributed by atoms with E-state index in [0.717, 1.165) is 32.1 Å². The molecule has 0 heterocycles. The van der Waals surface area contributed by atoms with Crippen LogP contribution >= 0.6 is 0 Å². The van der Waals surface area contributed by atoms with Crippen LogP contribution in [0.15, 0.2) is 23.3 Å². The van der Waals surface area contributed by atoms with Crippen molar-refractivity contribution in [3.8, 4) is 0 Å². The molecule has 0 aromatic carbocycles. The first-order chi connectivity index (χ1) is 8.10. The quantitative estimate of drug-likeness (QED) is 0.719. The molecular formula is C16H26O. The summed E-state index contributed by atoms with van der Waals surface area (Å²) in [4.78, 5) is 0. The molecule has 96 valence electrons. The first-order valence-electron chi connectivity index (χ1n) is 7.14. The zero-order valence-corrected chi connectivity index (χ0v) is 11.3. The van der Waals surface area contributed by atoms with E-state index in [-0.39, 0.29) is 5.60 Å². The zero-order valence-electron chi connectivity index (χ0n) is 11.3. The summed E-state index contributed by atoms with van der Waals surface area (Å²) in [7, 11) is 0. The Hall–Kier alpha value is -0.560. The summed E-state index contributed by atoms with van der Waals surface area (Å²) in [5.74, 6) is 0.545. The lowest BCUT2D eigenvalue weighted by Gasteiger charge is -2.43.